The third-order valence-corrected chi connectivity index (χ3v) is 5.10. The molecule has 7 N–H and O–H groups in total. The van der Waals surface area contributed by atoms with Crippen molar-refractivity contribution in [2.75, 3.05) is 48.6 Å². The Balaban J connectivity index is 0. The number of carboxylic acids is 2. The number of carbonyl (C=O) groups excluding carboxylic acids is 1. The normalized spacial score (nSPS) is 10.5. The summed E-state index contributed by atoms with van der Waals surface area (Å²) in [5, 5.41) is 19.8. The molecular weight excluding hydrogens is 434 g/mol. The summed E-state index contributed by atoms with van der Waals surface area (Å²) < 4.78 is 0. The third-order valence-electron chi connectivity index (χ3n) is 2.79. The molecule has 0 aliphatic heterocycles. The molecule has 0 aliphatic carbocycles. The highest BCUT2D eigenvalue weighted by atomic mass is 32.2. The van der Waals surface area contributed by atoms with Gasteiger partial charge in [-0.2, -0.15) is 23.5 Å². The molecule has 0 aliphatic rings. The van der Waals surface area contributed by atoms with Gasteiger partial charge in [-0.05, 0) is 24.6 Å². The Labute approximate surface area is 184 Å². The number of hydrogen-bond donors (Lipinski definition) is 5. The van der Waals surface area contributed by atoms with Gasteiger partial charge in [-0.1, -0.05) is 18.2 Å². The maximum atomic E-state index is 11.8. The zero-order valence-corrected chi connectivity index (χ0v) is 19.2. The van der Waals surface area contributed by atoms with Gasteiger partial charge in [0.05, 0.1) is 5.75 Å². The number of aliphatic carboxylic acids is 2. The molecule has 166 valence electrons. The molecule has 0 saturated heterocycles. The number of nitrogens with two attached hydrogens (primary N) is 2. The second kappa shape index (κ2) is 21.3. The first-order valence-electron chi connectivity index (χ1n) is 8.60. The van der Waals surface area contributed by atoms with Crippen LogP contribution in [-0.4, -0.2) is 82.7 Å². The minimum absolute atomic E-state index is 0.000205. The molecule has 1 amide bonds. The zero-order chi connectivity index (χ0) is 22.5. The van der Waals surface area contributed by atoms with Crippen LogP contribution in [0.15, 0.2) is 30.3 Å². The van der Waals surface area contributed by atoms with E-state index in [1.165, 1.54) is 0 Å². The van der Waals surface area contributed by atoms with Crippen LogP contribution in [0.4, 0.5) is 0 Å². The number of thioether (sulfide) groups is 3. The number of nitrogens with one attached hydrogen (secondary N) is 1. The fourth-order valence-corrected chi connectivity index (χ4v) is 2.73. The van der Waals surface area contributed by atoms with Gasteiger partial charge in [0.1, 0.15) is 6.04 Å². The van der Waals surface area contributed by atoms with E-state index in [1.54, 1.807) is 53.9 Å². The number of hydrogen-bond acceptors (Lipinski definition) is 8. The molecule has 8 nitrogen and oxygen atoms in total. The fourth-order valence-electron chi connectivity index (χ4n) is 1.51. The summed E-state index contributed by atoms with van der Waals surface area (Å²) in [5.41, 5.74) is 10.6. The summed E-state index contributed by atoms with van der Waals surface area (Å²) in [6.07, 6.45) is 4.10. The van der Waals surface area contributed by atoms with E-state index in [4.69, 9.17) is 21.7 Å². The highest BCUT2D eigenvalue weighted by molar-refractivity contribution is 8.00. The smallest absolute Gasteiger partial charge is 0.327 e. The van der Waals surface area contributed by atoms with Crippen LogP contribution in [0.2, 0.25) is 0 Å². The number of rotatable bonds is 11. The van der Waals surface area contributed by atoms with Gasteiger partial charge in [-0.15, -0.1) is 11.8 Å². The second-order valence-electron chi connectivity index (χ2n) is 5.20. The molecule has 0 aromatic heterocycles. The molecular formula is C18H31N3O5S3. The van der Waals surface area contributed by atoms with Gasteiger partial charge in [0.2, 0.25) is 0 Å². The molecule has 11 heteroatoms. The van der Waals surface area contributed by atoms with Crippen LogP contribution in [0.1, 0.15) is 10.4 Å². The first-order chi connectivity index (χ1) is 13.8. The Kier molecular flexibility index (Phi) is 21.9. The average molecular weight is 466 g/mol. The quantitative estimate of drug-likeness (QED) is 0.323. The first kappa shape index (κ1) is 29.8. The summed E-state index contributed by atoms with van der Waals surface area (Å²) in [6, 6.07) is 7.11. The van der Waals surface area contributed by atoms with Crippen molar-refractivity contribution in [2.24, 2.45) is 11.5 Å². The van der Waals surface area contributed by atoms with Crippen LogP contribution in [0, 0.1) is 0 Å². The number of carbonyl (C=O) groups is 3. The highest BCUT2D eigenvalue weighted by Gasteiger charge is 2.20. The van der Waals surface area contributed by atoms with E-state index >= 15 is 0 Å². The molecule has 0 fully saturated rings. The Morgan fingerprint density at radius 3 is 1.86 bits per heavy atom. The third kappa shape index (κ3) is 19.7. The Morgan fingerprint density at radius 1 is 1.00 bits per heavy atom. The molecule has 1 rings (SSSR count). The SMILES string of the molecule is CSCCN.CSCCN.O=C(O)CSCC(NC(=O)c1ccccc1)C(=O)O. The Morgan fingerprint density at radius 2 is 1.52 bits per heavy atom. The van der Waals surface area contributed by atoms with E-state index in [-0.39, 0.29) is 11.5 Å². The molecule has 0 radical (unpaired) electrons. The van der Waals surface area contributed by atoms with Crippen molar-refractivity contribution >= 4 is 53.1 Å². The maximum absolute atomic E-state index is 11.8. The van der Waals surface area contributed by atoms with Crippen molar-refractivity contribution in [1.29, 1.82) is 0 Å². The molecule has 1 aromatic carbocycles. The van der Waals surface area contributed by atoms with Crippen molar-refractivity contribution in [3.8, 4) is 0 Å². The van der Waals surface area contributed by atoms with Gasteiger partial charge in [0.15, 0.2) is 0 Å². The van der Waals surface area contributed by atoms with Gasteiger partial charge in [-0.3, -0.25) is 9.59 Å². The van der Waals surface area contributed by atoms with Crippen molar-refractivity contribution in [3.05, 3.63) is 35.9 Å². The molecule has 0 heterocycles. The second-order valence-corrected chi connectivity index (χ2v) is 8.20. The summed E-state index contributed by atoms with van der Waals surface area (Å²) >= 11 is 4.49. The lowest BCUT2D eigenvalue weighted by Gasteiger charge is -2.13. The van der Waals surface area contributed by atoms with E-state index in [9.17, 15) is 14.4 Å². The van der Waals surface area contributed by atoms with Crippen molar-refractivity contribution < 1.29 is 24.6 Å². The van der Waals surface area contributed by atoms with Crippen LogP contribution >= 0.6 is 35.3 Å². The molecule has 0 bridgehead atoms. The van der Waals surface area contributed by atoms with E-state index in [2.05, 4.69) is 5.32 Å². The molecule has 0 spiro atoms. The monoisotopic (exact) mass is 465 g/mol. The minimum atomic E-state index is -1.19. The van der Waals surface area contributed by atoms with Gasteiger partial charge in [-0.25, -0.2) is 4.79 Å². The topological polar surface area (TPSA) is 156 Å². The van der Waals surface area contributed by atoms with E-state index in [1.807, 2.05) is 12.5 Å². The van der Waals surface area contributed by atoms with Crippen molar-refractivity contribution in [1.82, 2.24) is 5.32 Å². The fraction of sp³-hybridized carbons (Fsp3) is 0.500. The summed E-state index contributed by atoms with van der Waals surface area (Å²) in [5.74, 6) is -0.750. The number of benzene rings is 1. The van der Waals surface area contributed by atoms with E-state index in [0.717, 1.165) is 36.4 Å². The van der Waals surface area contributed by atoms with Crippen molar-refractivity contribution in [2.45, 2.75) is 6.04 Å². The average Bonchev–Trinajstić information content (AvgIpc) is 2.69. The zero-order valence-electron chi connectivity index (χ0n) is 16.7. The maximum Gasteiger partial charge on any atom is 0.327 e. The van der Waals surface area contributed by atoms with Gasteiger partial charge in [0.25, 0.3) is 5.91 Å². The van der Waals surface area contributed by atoms with Crippen LogP contribution < -0.4 is 16.8 Å². The van der Waals surface area contributed by atoms with E-state index in [0.29, 0.717) is 5.56 Å². The van der Waals surface area contributed by atoms with E-state index < -0.39 is 23.9 Å². The Hall–Kier alpha value is -1.40. The van der Waals surface area contributed by atoms with Crippen molar-refractivity contribution in [3.63, 3.8) is 0 Å². The predicted octanol–water partition coefficient (Wildman–Crippen LogP) is 1.30. The lowest BCUT2D eigenvalue weighted by molar-refractivity contribution is -0.138. The van der Waals surface area contributed by atoms with Gasteiger partial charge >= 0.3 is 11.9 Å². The largest absolute Gasteiger partial charge is 0.481 e. The summed E-state index contributed by atoms with van der Waals surface area (Å²) in [6.45, 7) is 1.61. The van der Waals surface area contributed by atoms with Crippen LogP contribution in [-0.2, 0) is 9.59 Å². The molecule has 0 saturated carbocycles. The molecule has 1 atom stereocenters. The molecule has 1 unspecified atom stereocenters. The number of amides is 1. The Bertz CT molecular complexity index is 555. The van der Waals surface area contributed by atoms with Crippen LogP contribution in [0.5, 0.6) is 0 Å². The number of carboxylic acid groups (broad SMARTS) is 2. The summed E-state index contributed by atoms with van der Waals surface area (Å²) in [7, 11) is 0. The van der Waals surface area contributed by atoms with Gasteiger partial charge < -0.3 is 27.0 Å². The van der Waals surface area contributed by atoms with Crippen LogP contribution in [0.25, 0.3) is 0 Å². The minimum Gasteiger partial charge on any atom is -0.481 e. The predicted molar refractivity (Wildman–Crippen MR) is 125 cm³/mol. The molecule has 29 heavy (non-hydrogen) atoms. The lowest BCUT2D eigenvalue weighted by Crippen LogP contribution is -2.42. The van der Waals surface area contributed by atoms with Gasteiger partial charge in [0, 0.05) is 35.9 Å². The highest BCUT2D eigenvalue weighted by Crippen LogP contribution is 2.05. The standard InChI is InChI=1S/C12H13NO5S.2C3H9NS/c14-10(15)7-19-6-9(12(17)18)13-11(16)8-4-2-1-3-5-8;2*1-5-3-2-4/h1-5,9H,6-7H2,(H,13,16)(H,14,15)(H,17,18);2*2-4H2,1H3. The summed E-state index contributed by atoms with van der Waals surface area (Å²) in [4.78, 5) is 33.1. The first-order valence-corrected chi connectivity index (χ1v) is 12.5. The van der Waals surface area contributed by atoms with Crippen LogP contribution in [0.3, 0.4) is 0 Å². The lowest BCUT2D eigenvalue weighted by atomic mass is 10.2. The molecule has 1 aromatic rings.